The molecule has 2 aliphatic heterocycles. The molecule has 2 saturated heterocycles. The Kier molecular flexibility index (Phi) is 4.26. The van der Waals surface area contributed by atoms with Crippen molar-refractivity contribution in [3.8, 4) is 0 Å². The van der Waals surface area contributed by atoms with E-state index in [0.717, 1.165) is 36.9 Å². The molecule has 2 fully saturated rings. The molecular formula is C17H24N4O3. The van der Waals surface area contributed by atoms with Crippen LogP contribution in [0.25, 0.3) is 0 Å². The van der Waals surface area contributed by atoms with E-state index in [2.05, 4.69) is 5.10 Å². The van der Waals surface area contributed by atoms with E-state index < -0.39 is 0 Å². The number of rotatable bonds is 2. The molecule has 3 aliphatic rings. The van der Waals surface area contributed by atoms with Crippen molar-refractivity contribution in [1.29, 1.82) is 0 Å². The number of hydrogen-bond donors (Lipinski definition) is 0. The first-order chi connectivity index (χ1) is 11.7. The molecule has 1 aromatic rings. The van der Waals surface area contributed by atoms with Crippen molar-refractivity contribution in [1.82, 2.24) is 19.6 Å². The highest BCUT2D eigenvalue weighted by Gasteiger charge is 2.34. The minimum Gasteiger partial charge on any atom is -0.378 e. The molecule has 0 unspecified atom stereocenters. The number of urea groups is 1. The number of aryl methyl sites for hydroxylation is 2. The maximum Gasteiger partial charge on any atom is 0.320 e. The zero-order chi connectivity index (χ0) is 16.5. The molecule has 2 amide bonds. The van der Waals surface area contributed by atoms with E-state index in [1.54, 1.807) is 10.7 Å². The molecule has 1 aliphatic carbocycles. The van der Waals surface area contributed by atoms with Crippen molar-refractivity contribution >= 4 is 6.03 Å². The summed E-state index contributed by atoms with van der Waals surface area (Å²) in [5.41, 5.74) is 2.20. The summed E-state index contributed by atoms with van der Waals surface area (Å²) in [6.45, 7) is 4.62. The van der Waals surface area contributed by atoms with Crippen LogP contribution in [-0.2, 0) is 24.1 Å². The number of amides is 2. The van der Waals surface area contributed by atoms with Crippen molar-refractivity contribution in [3.63, 3.8) is 0 Å². The highest BCUT2D eigenvalue weighted by atomic mass is 16.5. The minimum atomic E-state index is -0.00592. The van der Waals surface area contributed by atoms with Crippen molar-refractivity contribution in [3.05, 3.63) is 27.7 Å². The average molecular weight is 332 g/mol. The number of fused-ring (bicyclic) bond motifs is 1. The van der Waals surface area contributed by atoms with Crippen molar-refractivity contribution in [2.75, 3.05) is 39.4 Å². The van der Waals surface area contributed by atoms with Crippen LogP contribution in [0.15, 0.2) is 10.9 Å². The molecule has 3 heterocycles. The van der Waals surface area contributed by atoms with E-state index in [-0.39, 0.29) is 11.6 Å². The second kappa shape index (κ2) is 6.55. The molecule has 0 bridgehead atoms. The maximum atomic E-state index is 12.3. The number of carbonyl (C=O) groups is 1. The molecule has 0 spiro atoms. The summed E-state index contributed by atoms with van der Waals surface area (Å²) >= 11 is 0. The Hall–Kier alpha value is -1.89. The molecule has 7 heteroatoms. The lowest BCUT2D eigenvalue weighted by Crippen LogP contribution is -2.58. The molecule has 1 aromatic heterocycles. The Labute approximate surface area is 141 Å². The van der Waals surface area contributed by atoms with Gasteiger partial charge in [-0.05, 0) is 31.2 Å². The second-order valence-electron chi connectivity index (χ2n) is 7.00. The predicted octanol–water partition coefficient (Wildman–Crippen LogP) is 0.506. The highest BCUT2D eigenvalue weighted by Crippen LogP contribution is 2.21. The predicted molar refractivity (Wildman–Crippen MR) is 88.0 cm³/mol. The highest BCUT2D eigenvalue weighted by molar-refractivity contribution is 5.75. The molecule has 4 rings (SSSR count). The third-order valence-electron chi connectivity index (χ3n) is 5.21. The number of ether oxygens (including phenoxy) is 1. The molecular weight excluding hydrogens is 308 g/mol. The van der Waals surface area contributed by atoms with Crippen molar-refractivity contribution < 1.29 is 9.53 Å². The monoisotopic (exact) mass is 332 g/mol. The van der Waals surface area contributed by atoms with Gasteiger partial charge >= 0.3 is 6.03 Å². The van der Waals surface area contributed by atoms with Gasteiger partial charge in [-0.15, -0.1) is 0 Å². The number of hydrogen-bond acceptors (Lipinski definition) is 4. The lowest BCUT2D eigenvalue weighted by atomic mass is 9.97. The Morgan fingerprint density at radius 1 is 1.17 bits per heavy atom. The van der Waals surface area contributed by atoms with Gasteiger partial charge in [-0.2, -0.15) is 5.10 Å². The Morgan fingerprint density at radius 2 is 1.92 bits per heavy atom. The number of aromatic nitrogens is 2. The van der Waals surface area contributed by atoms with Gasteiger partial charge in [0, 0.05) is 38.2 Å². The van der Waals surface area contributed by atoms with Gasteiger partial charge in [0.2, 0.25) is 0 Å². The van der Waals surface area contributed by atoms with Crippen LogP contribution in [0.3, 0.4) is 0 Å². The van der Waals surface area contributed by atoms with Gasteiger partial charge in [-0.3, -0.25) is 4.79 Å². The molecule has 7 nitrogen and oxygen atoms in total. The number of morpholine rings is 1. The van der Waals surface area contributed by atoms with Crippen LogP contribution in [0.1, 0.15) is 24.1 Å². The lowest BCUT2D eigenvalue weighted by Gasteiger charge is -2.42. The normalized spacial score (nSPS) is 21.3. The first kappa shape index (κ1) is 15.6. The zero-order valence-electron chi connectivity index (χ0n) is 13.9. The van der Waals surface area contributed by atoms with E-state index in [9.17, 15) is 9.59 Å². The fraction of sp³-hybridized carbons (Fsp3) is 0.706. The molecule has 0 radical (unpaired) electrons. The number of carbonyl (C=O) groups excluding carboxylic acids is 1. The quantitative estimate of drug-likeness (QED) is 0.791. The minimum absolute atomic E-state index is 0.00592. The summed E-state index contributed by atoms with van der Waals surface area (Å²) in [5, 5.41) is 4.57. The van der Waals surface area contributed by atoms with Crippen LogP contribution in [0.2, 0.25) is 0 Å². The first-order valence-electron chi connectivity index (χ1n) is 8.92. The Bertz CT molecular complexity index is 675. The van der Waals surface area contributed by atoms with Gasteiger partial charge in [0.1, 0.15) is 0 Å². The van der Waals surface area contributed by atoms with Crippen molar-refractivity contribution in [2.24, 2.45) is 5.92 Å². The van der Waals surface area contributed by atoms with Gasteiger partial charge < -0.3 is 14.5 Å². The first-order valence-corrected chi connectivity index (χ1v) is 8.92. The van der Waals surface area contributed by atoms with Gasteiger partial charge in [0.25, 0.3) is 5.56 Å². The van der Waals surface area contributed by atoms with E-state index >= 15 is 0 Å². The SMILES string of the molecule is O=C(N1CCOCC1)N1CC(Cn2nc3c(cc2=O)CCCC3)C1. The van der Waals surface area contributed by atoms with Crippen LogP contribution in [-0.4, -0.2) is 65.0 Å². The third-order valence-corrected chi connectivity index (χ3v) is 5.21. The molecule has 24 heavy (non-hydrogen) atoms. The van der Waals surface area contributed by atoms with Crippen LogP contribution >= 0.6 is 0 Å². The standard InChI is InChI=1S/C17H24N4O3/c22-16-9-14-3-1-2-4-15(14)18-21(16)12-13-10-20(11-13)17(23)19-5-7-24-8-6-19/h9,13H,1-8,10-12H2. The topological polar surface area (TPSA) is 67.7 Å². The Morgan fingerprint density at radius 3 is 2.71 bits per heavy atom. The molecule has 0 N–H and O–H groups in total. The van der Waals surface area contributed by atoms with Gasteiger partial charge in [0.15, 0.2) is 0 Å². The van der Waals surface area contributed by atoms with Crippen LogP contribution in [0.4, 0.5) is 4.79 Å². The number of nitrogens with zero attached hydrogens (tertiary/aromatic N) is 4. The summed E-state index contributed by atoms with van der Waals surface area (Å²) in [7, 11) is 0. The number of likely N-dealkylation sites (tertiary alicyclic amines) is 1. The van der Waals surface area contributed by atoms with Crippen LogP contribution < -0.4 is 5.56 Å². The summed E-state index contributed by atoms with van der Waals surface area (Å²) in [6.07, 6.45) is 4.26. The fourth-order valence-electron chi connectivity index (χ4n) is 3.77. The summed E-state index contributed by atoms with van der Waals surface area (Å²) in [5.74, 6) is 0.321. The van der Waals surface area contributed by atoms with E-state index in [1.165, 1.54) is 0 Å². The molecule has 0 aromatic carbocycles. The van der Waals surface area contributed by atoms with Gasteiger partial charge in [0.05, 0.1) is 25.5 Å². The maximum absolute atomic E-state index is 12.3. The molecule has 0 atom stereocenters. The van der Waals surface area contributed by atoms with Crippen LogP contribution in [0, 0.1) is 5.92 Å². The van der Waals surface area contributed by atoms with Gasteiger partial charge in [-0.25, -0.2) is 9.48 Å². The molecule has 130 valence electrons. The van der Waals surface area contributed by atoms with Gasteiger partial charge in [-0.1, -0.05) is 0 Å². The lowest BCUT2D eigenvalue weighted by molar-refractivity contribution is 0.0263. The summed E-state index contributed by atoms with van der Waals surface area (Å²) in [4.78, 5) is 28.3. The Balaban J connectivity index is 1.35. The van der Waals surface area contributed by atoms with E-state index in [0.29, 0.717) is 51.9 Å². The summed E-state index contributed by atoms with van der Waals surface area (Å²) in [6, 6.07) is 1.86. The average Bonchev–Trinajstić information content (AvgIpc) is 2.58. The zero-order valence-corrected chi connectivity index (χ0v) is 13.9. The second-order valence-corrected chi connectivity index (χ2v) is 7.00. The van der Waals surface area contributed by atoms with Crippen LogP contribution in [0.5, 0.6) is 0 Å². The third kappa shape index (κ3) is 3.05. The molecule has 0 saturated carbocycles. The van der Waals surface area contributed by atoms with E-state index in [1.807, 2.05) is 9.80 Å². The van der Waals surface area contributed by atoms with E-state index in [4.69, 9.17) is 4.74 Å². The van der Waals surface area contributed by atoms with Crippen molar-refractivity contribution in [2.45, 2.75) is 32.2 Å². The smallest absolute Gasteiger partial charge is 0.320 e. The fourth-order valence-corrected chi connectivity index (χ4v) is 3.77. The largest absolute Gasteiger partial charge is 0.378 e. The summed E-state index contributed by atoms with van der Waals surface area (Å²) < 4.78 is 6.88.